The third-order valence-corrected chi connectivity index (χ3v) is 5.44. The Balaban J connectivity index is 2.88. The lowest BCUT2D eigenvalue weighted by Gasteiger charge is -2.27. The summed E-state index contributed by atoms with van der Waals surface area (Å²) in [4.78, 5) is 10.7. The molecule has 1 aromatic rings. The lowest BCUT2D eigenvalue weighted by Crippen LogP contribution is -2.38. The fourth-order valence-corrected chi connectivity index (χ4v) is 3.30. The van der Waals surface area contributed by atoms with Crippen molar-refractivity contribution < 1.29 is 18.3 Å². The van der Waals surface area contributed by atoms with E-state index in [0.717, 1.165) is 0 Å². The molecule has 0 heterocycles. The normalized spacial score (nSPS) is 13.7. The van der Waals surface area contributed by atoms with Crippen LogP contribution in [-0.2, 0) is 15.8 Å². The first-order valence-corrected chi connectivity index (χ1v) is 8.04. The fraction of sp³-hybridized carbons (Fsp3) is 0.500. The number of carboxylic acids is 1. The second kappa shape index (κ2) is 6.37. The molecular formula is C14H21NO4S. The van der Waals surface area contributed by atoms with Crippen molar-refractivity contribution in [1.82, 2.24) is 4.31 Å². The molecule has 6 heteroatoms. The molecule has 1 unspecified atom stereocenters. The summed E-state index contributed by atoms with van der Waals surface area (Å²) in [6.07, 6.45) is 0. The highest BCUT2D eigenvalue weighted by molar-refractivity contribution is 7.88. The molecule has 0 fully saturated rings. The minimum atomic E-state index is -3.40. The van der Waals surface area contributed by atoms with Crippen LogP contribution in [0.1, 0.15) is 36.7 Å². The summed E-state index contributed by atoms with van der Waals surface area (Å²) in [6.45, 7) is 5.81. The number of nitrogens with zero attached hydrogens (tertiary/aromatic N) is 1. The topological polar surface area (TPSA) is 74.7 Å². The Kier molecular flexibility index (Phi) is 5.30. The summed E-state index contributed by atoms with van der Waals surface area (Å²) in [6, 6.07) is 5.82. The largest absolute Gasteiger partial charge is 0.478 e. The molecule has 0 aliphatic carbocycles. The van der Waals surface area contributed by atoms with Crippen LogP contribution in [0.15, 0.2) is 24.3 Å². The zero-order valence-corrected chi connectivity index (χ0v) is 13.0. The van der Waals surface area contributed by atoms with E-state index in [1.807, 2.05) is 20.8 Å². The Morgan fingerprint density at radius 1 is 1.20 bits per heavy atom. The van der Waals surface area contributed by atoms with Crippen LogP contribution in [0.3, 0.4) is 0 Å². The number of rotatable bonds is 6. The van der Waals surface area contributed by atoms with Gasteiger partial charge in [0.15, 0.2) is 0 Å². The molecule has 0 spiro atoms. The maximum atomic E-state index is 12.3. The van der Waals surface area contributed by atoms with Crippen molar-refractivity contribution in [2.24, 2.45) is 5.92 Å². The van der Waals surface area contributed by atoms with Gasteiger partial charge in [-0.25, -0.2) is 17.5 Å². The summed E-state index contributed by atoms with van der Waals surface area (Å²) >= 11 is 0. The molecule has 0 aliphatic heterocycles. The second-order valence-corrected chi connectivity index (χ2v) is 7.29. The van der Waals surface area contributed by atoms with Gasteiger partial charge < -0.3 is 5.11 Å². The molecular weight excluding hydrogens is 278 g/mol. The molecule has 1 N–H and O–H groups in total. The van der Waals surface area contributed by atoms with Crippen molar-refractivity contribution >= 4 is 16.0 Å². The molecule has 0 aromatic heterocycles. The number of aromatic carboxylic acids is 1. The Hall–Kier alpha value is -1.40. The number of carbonyl (C=O) groups is 1. The molecule has 112 valence electrons. The first-order chi connectivity index (χ1) is 9.15. The molecule has 0 aliphatic rings. The van der Waals surface area contributed by atoms with Gasteiger partial charge in [-0.15, -0.1) is 0 Å². The Labute approximate surface area is 120 Å². The smallest absolute Gasteiger partial charge is 0.335 e. The van der Waals surface area contributed by atoms with E-state index in [1.165, 1.54) is 28.6 Å². The minimum absolute atomic E-state index is 0.0849. The molecule has 1 rings (SSSR count). The third-order valence-electron chi connectivity index (χ3n) is 3.53. The van der Waals surface area contributed by atoms with Crippen molar-refractivity contribution in [3.05, 3.63) is 35.4 Å². The van der Waals surface area contributed by atoms with Crippen molar-refractivity contribution in [1.29, 1.82) is 0 Å². The molecule has 0 radical (unpaired) electrons. The van der Waals surface area contributed by atoms with Crippen LogP contribution in [-0.4, -0.2) is 36.9 Å². The lowest BCUT2D eigenvalue weighted by atomic mass is 10.1. The van der Waals surface area contributed by atoms with E-state index in [0.29, 0.717) is 5.56 Å². The van der Waals surface area contributed by atoms with Crippen molar-refractivity contribution in [2.45, 2.75) is 32.6 Å². The fourth-order valence-electron chi connectivity index (χ4n) is 1.73. The van der Waals surface area contributed by atoms with Gasteiger partial charge in [-0.3, -0.25) is 0 Å². The number of hydrogen-bond donors (Lipinski definition) is 1. The summed E-state index contributed by atoms with van der Waals surface area (Å²) in [7, 11) is -1.83. The number of carboxylic acid groups (broad SMARTS) is 1. The molecule has 1 aromatic carbocycles. The van der Waals surface area contributed by atoms with Gasteiger partial charge in [0.1, 0.15) is 0 Å². The first-order valence-electron chi connectivity index (χ1n) is 6.43. The van der Waals surface area contributed by atoms with Crippen molar-refractivity contribution in [3.8, 4) is 0 Å². The highest BCUT2D eigenvalue weighted by Crippen LogP contribution is 2.17. The van der Waals surface area contributed by atoms with Gasteiger partial charge in [0.2, 0.25) is 10.0 Å². The van der Waals surface area contributed by atoms with Gasteiger partial charge in [-0.2, -0.15) is 0 Å². The van der Waals surface area contributed by atoms with Gasteiger partial charge in [0.25, 0.3) is 0 Å². The molecule has 20 heavy (non-hydrogen) atoms. The van der Waals surface area contributed by atoms with Crippen molar-refractivity contribution in [3.63, 3.8) is 0 Å². The second-order valence-electron chi connectivity index (χ2n) is 5.26. The minimum Gasteiger partial charge on any atom is -0.478 e. The average Bonchev–Trinajstić information content (AvgIpc) is 2.36. The highest BCUT2D eigenvalue weighted by atomic mass is 32.2. The summed E-state index contributed by atoms with van der Waals surface area (Å²) < 4.78 is 25.9. The third kappa shape index (κ3) is 4.05. The van der Waals surface area contributed by atoms with Crippen LogP contribution in [0.4, 0.5) is 0 Å². The van der Waals surface area contributed by atoms with E-state index in [2.05, 4.69) is 0 Å². The molecule has 5 nitrogen and oxygen atoms in total. The SMILES string of the molecule is CC(C)C(C)N(C)S(=O)(=O)Cc1ccc(C(=O)O)cc1. The molecule has 1 atom stereocenters. The number of sulfonamides is 1. The van der Waals surface area contributed by atoms with Gasteiger partial charge >= 0.3 is 5.97 Å². The van der Waals surface area contributed by atoms with Gasteiger partial charge in [-0.05, 0) is 30.5 Å². The first kappa shape index (κ1) is 16.7. The Morgan fingerprint density at radius 2 is 1.70 bits per heavy atom. The maximum Gasteiger partial charge on any atom is 0.335 e. The van der Waals surface area contributed by atoms with Gasteiger partial charge in [0, 0.05) is 13.1 Å². The molecule has 0 saturated carbocycles. The van der Waals surface area contributed by atoms with E-state index in [9.17, 15) is 13.2 Å². The van der Waals surface area contributed by atoms with Crippen LogP contribution in [0.5, 0.6) is 0 Å². The van der Waals surface area contributed by atoms with Crippen LogP contribution in [0.2, 0.25) is 0 Å². The number of hydrogen-bond acceptors (Lipinski definition) is 3. The molecule has 0 amide bonds. The van der Waals surface area contributed by atoms with Crippen LogP contribution in [0, 0.1) is 5.92 Å². The van der Waals surface area contributed by atoms with E-state index < -0.39 is 16.0 Å². The standard InChI is InChI=1S/C14H21NO4S/c1-10(2)11(3)15(4)20(18,19)9-12-5-7-13(8-6-12)14(16)17/h5-8,10-11H,9H2,1-4H3,(H,16,17). The highest BCUT2D eigenvalue weighted by Gasteiger charge is 2.25. The van der Waals surface area contributed by atoms with E-state index in [-0.39, 0.29) is 23.3 Å². The van der Waals surface area contributed by atoms with Gasteiger partial charge in [0.05, 0.1) is 11.3 Å². The molecule has 0 saturated heterocycles. The summed E-state index contributed by atoms with van der Waals surface area (Å²) in [5.74, 6) is -0.922. The van der Waals surface area contributed by atoms with Crippen molar-refractivity contribution in [2.75, 3.05) is 7.05 Å². The lowest BCUT2D eigenvalue weighted by molar-refractivity contribution is 0.0697. The molecule has 0 bridgehead atoms. The zero-order valence-electron chi connectivity index (χ0n) is 12.2. The summed E-state index contributed by atoms with van der Waals surface area (Å²) in [5, 5.41) is 8.80. The maximum absolute atomic E-state index is 12.3. The predicted octanol–water partition coefficient (Wildman–Crippen LogP) is 2.19. The van der Waals surface area contributed by atoms with Crippen LogP contribution in [0.25, 0.3) is 0 Å². The Morgan fingerprint density at radius 3 is 2.10 bits per heavy atom. The quantitative estimate of drug-likeness (QED) is 0.873. The summed E-state index contributed by atoms with van der Waals surface area (Å²) in [5.41, 5.74) is 0.729. The zero-order chi connectivity index (χ0) is 15.5. The predicted molar refractivity (Wildman–Crippen MR) is 78.1 cm³/mol. The van der Waals surface area contributed by atoms with Gasteiger partial charge in [-0.1, -0.05) is 26.0 Å². The van der Waals surface area contributed by atoms with E-state index in [4.69, 9.17) is 5.11 Å². The Bertz CT molecular complexity index is 563. The monoisotopic (exact) mass is 299 g/mol. The van der Waals surface area contributed by atoms with E-state index >= 15 is 0 Å². The average molecular weight is 299 g/mol. The number of benzene rings is 1. The van der Waals surface area contributed by atoms with Crippen LogP contribution < -0.4 is 0 Å². The van der Waals surface area contributed by atoms with E-state index in [1.54, 1.807) is 7.05 Å². The van der Waals surface area contributed by atoms with Crippen LogP contribution >= 0.6 is 0 Å².